The maximum Gasteiger partial charge on any atom is 0.321 e. The van der Waals surface area contributed by atoms with Gasteiger partial charge in [0.05, 0.1) is 9.79 Å². The molecule has 7 nitrogen and oxygen atoms in total. The summed E-state index contributed by atoms with van der Waals surface area (Å²) in [5.41, 5.74) is 0.322. The number of carbonyl (C=O) groups is 1. The molecule has 1 rings (SSSR count). The monoisotopic (exact) mass is 321 g/mol. The van der Waals surface area contributed by atoms with Crippen LogP contribution in [0, 0.1) is 6.92 Å². The standard InChI is InChI=1S/C11H15NO6S2/c1-7-4-5-9(19(3,15)16)6-10(7)20(17,18)12-8(2)11(13)14/h4-6,8,12H,1-3H3,(H,13,14)/t8-/m0/s1. The number of aryl methyl sites for hydroxylation is 1. The molecule has 0 saturated heterocycles. The van der Waals surface area contributed by atoms with Crippen molar-refractivity contribution in [2.45, 2.75) is 29.7 Å². The predicted octanol–water partition coefficient (Wildman–Crippen LogP) is 0.150. The molecule has 2 N–H and O–H groups in total. The van der Waals surface area contributed by atoms with E-state index in [0.29, 0.717) is 5.56 Å². The van der Waals surface area contributed by atoms with Gasteiger partial charge in [-0.3, -0.25) is 4.79 Å². The van der Waals surface area contributed by atoms with Gasteiger partial charge in [-0.1, -0.05) is 6.07 Å². The van der Waals surface area contributed by atoms with Crippen LogP contribution in [0.5, 0.6) is 0 Å². The number of aliphatic carboxylic acids is 1. The maximum atomic E-state index is 12.1. The first kappa shape index (κ1) is 16.6. The first-order valence-electron chi connectivity index (χ1n) is 5.51. The molecule has 0 spiro atoms. The smallest absolute Gasteiger partial charge is 0.321 e. The van der Waals surface area contributed by atoms with Crippen LogP contribution in [0.25, 0.3) is 0 Å². The lowest BCUT2D eigenvalue weighted by Gasteiger charge is -2.13. The van der Waals surface area contributed by atoms with Crippen LogP contribution in [0.4, 0.5) is 0 Å². The fraction of sp³-hybridized carbons (Fsp3) is 0.364. The van der Waals surface area contributed by atoms with Gasteiger partial charge in [-0.2, -0.15) is 4.72 Å². The number of rotatable bonds is 5. The first-order chi connectivity index (χ1) is 8.95. The number of benzene rings is 1. The highest BCUT2D eigenvalue weighted by atomic mass is 32.2. The quantitative estimate of drug-likeness (QED) is 0.797. The molecule has 20 heavy (non-hydrogen) atoms. The van der Waals surface area contributed by atoms with Crippen molar-refractivity contribution in [3.63, 3.8) is 0 Å². The molecule has 1 aromatic rings. The summed E-state index contributed by atoms with van der Waals surface area (Å²) in [6, 6.07) is 2.35. The Labute approximate surface area is 117 Å². The van der Waals surface area contributed by atoms with Gasteiger partial charge in [-0.15, -0.1) is 0 Å². The molecule has 0 radical (unpaired) electrons. The Morgan fingerprint density at radius 2 is 1.80 bits per heavy atom. The number of carboxylic acid groups (broad SMARTS) is 1. The lowest BCUT2D eigenvalue weighted by Crippen LogP contribution is -2.38. The van der Waals surface area contributed by atoms with Crippen LogP contribution in [0.15, 0.2) is 28.0 Å². The molecule has 1 atom stereocenters. The summed E-state index contributed by atoms with van der Waals surface area (Å²) in [5.74, 6) is -1.33. The van der Waals surface area contributed by atoms with E-state index in [-0.39, 0.29) is 9.79 Å². The zero-order chi connectivity index (χ0) is 15.7. The Hall–Kier alpha value is -1.45. The van der Waals surface area contributed by atoms with Crippen LogP contribution in [-0.4, -0.2) is 40.2 Å². The minimum absolute atomic E-state index is 0.147. The number of sulfone groups is 1. The van der Waals surface area contributed by atoms with Gasteiger partial charge >= 0.3 is 5.97 Å². The molecule has 9 heteroatoms. The molecular weight excluding hydrogens is 306 g/mol. The minimum atomic E-state index is -4.11. The largest absolute Gasteiger partial charge is 0.480 e. The van der Waals surface area contributed by atoms with Gasteiger partial charge in [0.25, 0.3) is 0 Å². The summed E-state index contributed by atoms with van der Waals surface area (Å²) < 4.78 is 49.0. The molecule has 0 heterocycles. The molecule has 0 aromatic heterocycles. The molecule has 0 unspecified atom stereocenters. The summed E-state index contributed by atoms with van der Waals surface area (Å²) in [5, 5.41) is 8.72. The highest BCUT2D eigenvalue weighted by molar-refractivity contribution is 7.91. The Kier molecular flexibility index (Phi) is 4.57. The van der Waals surface area contributed by atoms with Crippen molar-refractivity contribution in [3.05, 3.63) is 23.8 Å². The summed E-state index contributed by atoms with van der Waals surface area (Å²) in [6.45, 7) is 2.67. The van der Waals surface area contributed by atoms with Crippen molar-refractivity contribution in [2.75, 3.05) is 6.26 Å². The predicted molar refractivity (Wildman–Crippen MR) is 71.7 cm³/mol. The summed E-state index contributed by atoms with van der Waals surface area (Å²) in [6.07, 6.45) is 0.960. The number of carboxylic acids is 1. The zero-order valence-corrected chi connectivity index (χ0v) is 12.7. The molecule has 0 aliphatic heterocycles. The van der Waals surface area contributed by atoms with Crippen LogP contribution in [0.1, 0.15) is 12.5 Å². The van der Waals surface area contributed by atoms with Crippen LogP contribution >= 0.6 is 0 Å². The van der Waals surface area contributed by atoms with E-state index < -0.39 is 31.9 Å². The van der Waals surface area contributed by atoms with Crippen LogP contribution in [0.3, 0.4) is 0 Å². The van der Waals surface area contributed by atoms with Gasteiger partial charge in [-0.25, -0.2) is 16.8 Å². The SMILES string of the molecule is Cc1ccc(S(C)(=O)=O)cc1S(=O)(=O)N[C@@H](C)C(=O)O. The third-order valence-electron chi connectivity index (χ3n) is 2.58. The second-order valence-corrected chi connectivity index (χ2v) is 8.08. The fourth-order valence-electron chi connectivity index (χ4n) is 1.45. The fourth-order valence-corrected chi connectivity index (χ4v) is 3.64. The molecule has 0 aliphatic rings. The molecule has 0 amide bonds. The molecular formula is C11H15NO6S2. The highest BCUT2D eigenvalue weighted by Crippen LogP contribution is 2.20. The van der Waals surface area contributed by atoms with Gasteiger partial charge < -0.3 is 5.11 Å². The van der Waals surface area contributed by atoms with Gasteiger partial charge in [0.15, 0.2) is 9.84 Å². The normalized spacial score (nSPS) is 13.9. The molecule has 1 aromatic carbocycles. The zero-order valence-electron chi connectivity index (χ0n) is 11.1. The van der Waals surface area contributed by atoms with Crippen molar-refractivity contribution < 1.29 is 26.7 Å². The average Bonchev–Trinajstić information content (AvgIpc) is 2.26. The Balaban J connectivity index is 3.35. The maximum absolute atomic E-state index is 12.1. The van der Waals surface area contributed by atoms with Crippen molar-refractivity contribution in [1.29, 1.82) is 0 Å². The van der Waals surface area contributed by atoms with E-state index in [9.17, 15) is 21.6 Å². The first-order valence-corrected chi connectivity index (χ1v) is 8.88. The molecule has 0 bridgehead atoms. The van der Waals surface area contributed by atoms with Gasteiger partial charge in [0.1, 0.15) is 6.04 Å². The Morgan fingerprint density at radius 3 is 2.25 bits per heavy atom. The second-order valence-electron chi connectivity index (χ2n) is 4.38. The van der Waals surface area contributed by atoms with E-state index in [2.05, 4.69) is 0 Å². The van der Waals surface area contributed by atoms with E-state index in [4.69, 9.17) is 5.11 Å². The van der Waals surface area contributed by atoms with Crippen LogP contribution in [0.2, 0.25) is 0 Å². The Morgan fingerprint density at radius 1 is 1.25 bits per heavy atom. The lowest BCUT2D eigenvalue weighted by atomic mass is 10.2. The van der Waals surface area contributed by atoms with E-state index in [0.717, 1.165) is 12.3 Å². The average molecular weight is 321 g/mol. The number of hydrogen-bond donors (Lipinski definition) is 2. The van der Waals surface area contributed by atoms with Crippen molar-refractivity contribution in [3.8, 4) is 0 Å². The number of nitrogens with one attached hydrogen (secondary N) is 1. The summed E-state index contributed by atoms with van der Waals surface area (Å²) in [4.78, 5) is 10.3. The highest BCUT2D eigenvalue weighted by Gasteiger charge is 2.24. The van der Waals surface area contributed by atoms with Gasteiger partial charge in [0, 0.05) is 6.26 Å². The van der Waals surface area contributed by atoms with Crippen molar-refractivity contribution >= 4 is 25.8 Å². The number of sulfonamides is 1. The summed E-state index contributed by atoms with van der Waals surface area (Å²) in [7, 11) is -7.67. The van der Waals surface area contributed by atoms with Crippen molar-refractivity contribution in [2.24, 2.45) is 0 Å². The minimum Gasteiger partial charge on any atom is -0.480 e. The third-order valence-corrected chi connectivity index (χ3v) is 5.37. The van der Waals surface area contributed by atoms with Crippen LogP contribution < -0.4 is 4.72 Å². The van der Waals surface area contributed by atoms with Crippen LogP contribution in [-0.2, 0) is 24.7 Å². The molecule has 0 saturated carbocycles. The molecule has 112 valence electrons. The Bertz CT molecular complexity index is 736. The third kappa shape index (κ3) is 3.78. The van der Waals surface area contributed by atoms with Gasteiger partial charge in [0.2, 0.25) is 10.0 Å². The van der Waals surface area contributed by atoms with E-state index in [1.54, 1.807) is 0 Å². The molecule has 0 aliphatic carbocycles. The van der Waals surface area contributed by atoms with E-state index in [1.807, 2.05) is 4.72 Å². The van der Waals surface area contributed by atoms with Gasteiger partial charge in [-0.05, 0) is 31.5 Å². The van der Waals surface area contributed by atoms with Crippen molar-refractivity contribution in [1.82, 2.24) is 4.72 Å². The molecule has 0 fully saturated rings. The lowest BCUT2D eigenvalue weighted by molar-refractivity contribution is -0.138. The van der Waals surface area contributed by atoms with E-state index >= 15 is 0 Å². The second kappa shape index (κ2) is 5.51. The summed E-state index contributed by atoms with van der Waals surface area (Å²) >= 11 is 0. The topological polar surface area (TPSA) is 118 Å². The number of hydrogen-bond acceptors (Lipinski definition) is 5. The van der Waals surface area contributed by atoms with E-state index in [1.165, 1.54) is 26.0 Å².